The number of hydrogen-bond acceptors (Lipinski definition) is 13. The molecule has 0 saturated carbocycles. The van der Waals surface area contributed by atoms with Gasteiger partial charge in [0.2, 0.25) is 11.6 Å². The molecule has 0 saturated heterocycles. The van der Waals surface area contributed by atoms with Crippen molar-refractivity contribution in [3.05, 3.63) is 209 Å². The number of ketones is 2. The number of H-pyrrole nitrogens is 2. The minimum Gasteiger partial charge on any atom is -0.491 e. The molecule has 4 N–H and O–H groups in total. The van der Waals surface area contributed by atoms with E-state index in [-0.39, 0.29) is 57.7 Å². The van der Waals surface area contributed by atoms with Crippen molar-refractivity contribution >= 4 is 56.3 Å². The van der Waals surface area contributed by atoms with E-state index in [2.05, 4.69) is 9.97 Å². The van der Waals surface area contributed by atoms with Crippen LogP contribution in [0.5, 0.6) is 11.5 Å². The third kappa shape index (κ3) is 11.2. The first-order valence-electron chi connectivity index (χ1n) is 25.6. The number of aliphatic carboxylic acids is 2. The van der Waals surface area contributed by atoms with E-state index in [1.807, 2.05) is 98.8 Å². The standard InChI is InChI=1S/C60H52N6O15/c1-35-51(47-13-3-5-19-63(47)53(35)55(71)39-15-17-45-43(31-39)57(73)65(33-49(67)68)59(75)61-45)37-9-7-11-41(29-37)80-27-25-78-23-21-77-22-24-79-26-28-81-42-12-8-10-38(30-42)52-36(2)54(64-20-6-4-14-48(52)64)56(72)40-16-18-46-44(32-40)58(74)66(34-50(69)70)60(76)62-46/h3-20,29-32H,21-28,33-34H2,1-2H3,(H,61,75)(H,62,76)(H,67,68)(H,69,70). The van der Waals surface area contributed by atoms with Crippen molar-refractivity contribution in [2.75, 3.05) is 52.9 Å². The van der Waals surface area contributed by atoms with Gasteiger partial charge in [0.1, 0.15) is 37.8 Å². The number of carboxylic acid groups (broad SMARTS) is 2. The van der Waals surface area contributed by atoms with Crippen LogP contribution < -0.4 is 32.0 Å². The Bertz CT molecular complexity index is 4090. The van der Waals surface area contributed by atoms with E-state index in [0.717, 1.165) is 33.3 Å². The molecule has 4 aromatic carbocycles. The van der Waals surface area contributed by atoms with Gasteiger partial charge in [-0.05, 0) is 121 Å². The molecule has 0 bridgehead atoms. The SMILES string of the molecule is Cc1c(-c2cccc(OCCOCCOCCOCCOc3cccc(-c4c(C)c(C(=O)c5ccc6[nH]c(=O)n(CC(=O)O)c(=O)c6c5)n5ccccc45)c3)c2)c2ccccn2c1C(=O)c1ccc2[nH]c(=O)n(CC(=O)O)c(=O)c2c1. The minimum absolute atomic E-state index is 0.00652. The van der Waals surface area contributed by atoms with E-state index < -0.39 is 47.5 Å². The van der Waals surface area contributed by atoms with Gasteiger partial charge in [-0.1, -0.05) is 36.4 Å². The maximum Gasteiger partial charge on any atom is 0.329 e. The average Bonchev–Trinajstić information content (AvgIpc) is 4.20. The van der Waals surface area contributed by atoms with Gasteiger partial charge < -0.3 is 52.7 Å². The quantitative estimate of drug-likeness (QED) is 0.0383. The predicted octanol–water partition coefficient (Wildman–Crippen LogP) is 6.29. The van der Waals surface area contributed by atoms with Crippen molar-refractivity contribution in [3.63, 3.8) is 0 Å². The summed E-state index contributed by atoms with van der Waals surface area (Å²) in [5.74, 6) is -2.27. The van der Waals surface area contributed by atoms with Crippen molar-refractivity contribution in [2.45, 2.75) is 26.9 Å². The number of nitrogens with one attached hydrogen (secondary N) is 2. The Balaban J connectivity index is 0.678. The summed E-state index contributed by atoms with van der Waals surface area (Å²) < 4.78 is 34.0. The average molecular weight is 1100 g/mol. The molecule has 0 fully saturated rings. The maximum absolute atomic E-state index is 14.2. The van der Waals surface area contributed by atoms with Crippen molar-refractivity contribution < 1.29 is 53.1 Å². The molecule has 21 nitrogen and oxygen atoms in total. The second kappa shape index (κ2) is 23.6. The molecule has 412 valence electrons. The molecular weight excluding hydrogens is 1040 g/mol. The number of benzene rings is 4. The summed E-state index contributed by atoms with van der Waals surface area (Å²) in [5.41, 5.74) is 4.24. The highest BCUT2D eigenvalue weighted by molar-refractivity contribution is 6.14. The van der Waals surface area contributed by atoms with Crippen LogP contribution in [-0.2, 0) is 36.9 Å². The highest BCUT2D eigenvalue weighted by Crippen LogP contribution is 2.37. The zero-order valence-electron chi connectivity index (χ0n) is 43.8. The molecule has 10 aromatic rings. The van der Waals surface area contributed by atoms with Crippen molar-refractivity contribution in [1.29, 1.82) is 0 Å². The van der Waals surface area contributed by atoms with Gasteiger partial charge in [0.25, 0.3) is 11.1 Å². The molecule has 10 rings (SSSR count). The summed E-state index contributed by atoms with van der Waals surface area (Å²) in [6.45, 7) is 4.52. The number of rotatable bonds is 24. The van der Waals surface area contributed by atoms with Gasteiger partial charge >= 0.3 is 23.3 Å². The van der Waals surface area contributed by atoms with Crippen LogP contribution in [-0.4, -0.2) is 114 Å². The number of carboxylic acids is 2. The molecule has 0 spiro atoms. The number of fused-ring (bicyclic) bond motifs is 4. The Morgan fingerprint density at radius 2 is 0.864 bits per heavy atom. The van der Waals surface area contributed by atoms with Gasteiger partial charge in [0.15, 0.2) is 0 Å². The molecule has 81 heavy (non-hydrogen) atoms. The third-order valence-corrected chi connectivity index (χ3v) is 13.7. The third-order valence-electron chi connectivity index (χ3n) is 13.7. The molecule has 6 heterocycles. The van der Waals surface area contributed by atoms with Crippen LogP contribution in [0.25, 0.3) is 55.1 Å². The normalized spacial score (nSPS) is 11.5. The molecule has 21 heteroatoms. The minimum atomic E-state index is -1.36. The van der Waals surface area contributed by atoms with Crippen LogP contribution in [0.2, 0.25) is 0 Å². The summed E-state index contributed by atoms with van der Waals surface area (Å²) in [4.78, 5) is 107. The molecule has 0 radical (unpaired) electrons. The monoisotopic (exact) mass is 1100 g/mol. The number of ether oxygens (including phenoxy) is 5. The van der Waals surface area contributed by atoms with E-state index in [9.17, 15) is 48.6 Å². The predicted molar refractivity (Wildman–Crippen MR) is 298 cm³/mol. The molecule has 0 unspecified atom stereocenters. The number of hydrogen-bond donors (Lipinski definition) is 4. The fourth-order valence-electron chi connectivity index (χ4n) is 10.0. The second-order valence-electron chi connectivity index (χ2n) is 18.8. The number of carbonyl (C=O) groups excluding carboxylic acids is 2. The van der Waals surface area contributed by atoms with Crippen molar-refractivity contribution in [2.24, 2.45) is 0 Å². The topological polar surface area (TPSA) is 273 Å². The Morgan fingerprint density at radius 1 is 0.469 bits per heavy atom. The summed E-state index contributed by atoms with van der Waals surface area (Å²) in [5, 5.41) is 18.5. The number of aromatic amines is 2. The fourth-order valence-corrected chi connectivity index (χ4v) is 10.0. The van der Waals surface area contributed by atoms with Crippen LogP contribution in [0.1, 0.15) is 43.2 Å². The zero-order chi connectivity index (χ0) is 56.9. The molecule has 0 aliphatic carbocycles. The Morgan fingerprint density at radius 3 is 1.26 bits per heavy atom. The highest BCUT2D eigenvalue weighted by atomic mass is 16.6. The molecule has 0 aliphatic rings. The first-order valence-corrected chi connectivity index (χ1v) is 25.6. The van der Waals surface area contributed by atoms with Crippen LogP contribution in [0, 0.1) is 13.8 Å². The van der Waals surface area contributed by atoms with Crippen LogP contribution in [0.4, 0.5) is 0 Å². The summed E-state index contributed by atoms with van der Waals surface area (Å²) >= 11 is 0. The molecule has 6 aromatic heterocycles. The lowest BCUT2D eigenvalue weighted by molar-refractivity contribution is -0.138. The lowest BCUT2D eigenvalue weighted by Gasteiger charge is -2.10. The van der Waals surface area contributed by atoms with Gasteiger partial charge in [-0.15, -0.1) is 0 Å². The van der Waals surface area contributed by atoms with E-state index in [1.165, 1.54) is 36.4 Å². The van der Waals surface area contributed by atoms with Crippen molar-refractivity contribution in [1.82, 2.24) is 27.9 Å². The Labute approximate surface area is 458 Å². The van der Waals surface area contributed by atoms with Crippen LogP contribution >= 0.6 is 0 Å². The van der Waals surface area contributed by atoms with Crippen LogP contribution in [0.3, 0.4) is 0 Å². The van der Waals surface area contributed by atoms with E-state index in [0.29, 0.717) is 82.8 Å². The number of aromatic nitrogens is 6. The van der Waals surface area contributed by atoms with Gasteiger partial charge in [-0.3, -0.25) is 28.8 Å². The van der Waals surface area contributed by atoms with Gasteiger partial charge in [-0.25, -0.2) is 18.7 Å². The summed E-state index contributed by atoms with van der Waals surface area (Å²) in [6, 6.07) is 34.9. The van der Waals surface area contributed by atoms with Gasteiger partial charge in [-0.2, -0.15) is 0 Å². The van der Waals surface area contributed by atoms with E-state index in [4.69, 9.17) is 23.7 Å². The molecule has 0 amide bonds. The zero-order valence-corrected chi connectivity index (χ0v) is 43.8. The fraction of sp³-hybridized carbons (Fsp3) is 0.200. The number of nitrogens with zero attached hydrogens (tertiary/aromatic N) is 4. The van der Waals surface area contributed by atoms with E-state index in [1.54, 1.807) is 21.2 Å². The molecule has 0 atom stereocenters. The molecular formula is C60H52N6O15. The number of carbonyl (C=O) groups is 4. The summed E-state index contributed by atoms with van der Waals surface area (Å²) in [6.07, 6.45) is 3.56. The maximum atomic E-state index is 14.2. The van der Waals surface area contributed by atoms with Gasteiger partial charge in [0, 0.05) is 34.6 Å². The smallest absolute Gasteiger partial charge is 0.329 e. The van der Waals surface area contributed by atoms with Gasteiger partial charge in [0.05, 0.1) is 83.9 Å². The molecule has 0 aliphatic heterocycles. The number of pyridine rings is 2. The lowest BCUT2D eigenvalue weighted by Crippen LogP contribution is -2.37. The van der Waals surface area contributed by atoms with Crippen LogP contribution in [0.15, 0.2) is 153 Å². The largest absolute Gasteiger partial charge is 0.491 e. The first-order chi connectivity index (χ1) is 39.2. The highest BCUT2D eigenvalue weighted by Gasteiger charge is 2.26. The lowest BCUT2D eigenvalue weighted by atomic mass is 9.98. The summed E-state index contributed by atoms with van der Waals surface area (Å²) in [7, 11) is 0. The second-order valence-corrected chi connectivity index (χ2v) is 18.8. The Kier molecular flexibility index (Phi) is 15.8. The first kappa shape index (κ1) is 54.4. The van der Waals surface area contributed by atoms with Crippen molar-refractivity contribution in [3.8, 4) is 33.8 Å². The van der Waals surface area contributed by atoms with E-state index >= 15 is 0 Å². The Hall–Kier alpha value is -9.96.